The molecule has 0 spiro atoms. The van der Waals surface area contributed by atoms with Crippen LogP contribution in [-0.2, 0) is 0 Å². The van der Waals surface area contributed by atoms with Crippen LogP contribution in [0.5, 0.6) is 0 Å². The molecule has 0 aliphatic rings. The van der Waals surface area contributed by atoms with Gasteiger partial charge in [-0.05, 0) is 32.4 Å². The molecule has 2 nitrogen and oxygen atoms in total. The lowest BCUT2D eigenvalue weighted by molar-refractivity contribution is 0.179. The summed E-state index contributed by atoms with van der Waals surface area (Å²) in [7, 11) is 0. The molecule has 1 unspecified atom stereocenters. The number of nitrogens with zero attached hydrogens (tertiary/aromatic N) is 1. The summed E-state index contributed by atoms with van der Waals surface area (Å²) >= 11 is 0. The maximum Gasteiger partial charge on any atom is 0.0571 e. The van der Waals surface area contributed by atoms with Gasteiger partial charge in [0.25, 0.3) is 0 Å². The second-order valence-corrected chi connectivity index (χ2v) is 9.05. The molecule has 0 aromatic rings. The zero-order chi connectivity index (χ0) is 20.7. The van der Waals surface area contributed by atoms with Crippen LogP contribution in [0.3, 0.4) is 0 Å². The molecule has 0 amide bonds. The highest BCUT2D eigenvalue weighted by molar-refractivity contribution is 4.67. The van der Waals surface area contributed by atoms with Crippen molar-refractivity contribution in [2.75, 3.05) is 13.1 Å². The predicted octanol–water partition coefficient (Wildman–Crippen LogP) is 8.43. The molecule has 0 aliphatic carbocycles. The second-order valence-electron chi connectivity index (χ2n) is 9.05. The fourth-order valence-corrected chi connectivity index (χ4v) is 4.13. The summed E-state index contributed by atoms with van der Waals surface area (Å²) in [6.45, 7) is 9.32. The number of rotatable bonds is 23. The third kappa shape index (κ3) is 19.2. The standard InChI is InChI=1S/C26H56N2/c1-4-7-10-12-14-16-18-21-24-28(26(27)23-20-9-6-3)25-22-19-17-15-13-11-8-5-2/h26H,4-25,27H2,1-3H3. The van der Waals surface area contributed by atoms with Crippen molar-refractivity contribution in [3.63, 3.8) is 0 Å². The molecule has 0 aromatic carbocycles. The minimum absolute atomic E-state index is 0.292. The van der Waals surface area contributed by atoms with E-state index in [1.807, 2.05) is 0 Å². The Labute approximate surface area is 179 Å². The van der Waals surface area contributed by atoms with Crippen LogP contribution in [0.1, 0.15) is 149 Å². The number of hydrogen-bond donors (Lipinski definition) is 1. The Balaban J connectivity index is 3.91. The molecule has 0 bridgehead atoms. The van der Waals surface area contributed by atoms with Gasteiger partial charge in [0, 0.05) is 0 Å². The van der Waals surface area contributed by atoms with E-state index in [2.05, 4.69) is 25.7 Å². The molecular weight excluding hydrogens is 340 g/mol. The molecule has 0 rings (SSSR count). The van der Waals surface area contributed by atoms with Crippen molar-refractivity contribution in [2.45, 2.75) is 155 Å². The highest BCUT2D eigenvalue weighted by atomic mass is 15.2. The van der Waals surface area contributed by atoms with Crippen molar-refractivity contribution in [1.29, 1.82) is 0 Å². The molecule has 2 heteroatoms. The quantitative estimate of drug-likeness (QED) is 0.139. The molecule has 0 radical (unpaired) electrons. The molecule has 1 atom stereocenters. The van der Waals surface area contributed by atoms with Crippen molar-refractivity contribution >= 4 is 0 Å². The highest BCUT2D eigenvalue weighted by Crippen LogP contribution is 2.13. The first-order chi connectivity index (χ1) is 13.8. The first-order valence-corrected chi connectivity index (χ1v) is 13.3. The van der Waals surface area contributed by atoms with Crippen LogP contribution in [0.4, 0.5) is 0 Å². The SMILES string of the molecule is CCCCCCCCCCN(CCCCCCCCCC)C(N)CCCCC. The second kappa shape index (κ2) is 23.2. The highest BCUT2D eigenvalue weighted by Gasteiger charge is 2.13. The summed E-state index contributed by atoms with van der Waals surface area (Å²) < 4.78 is 0. The van der Waals surface area contributed by atoms with E-state index in [0.29, 0.717) is 6.17 Å². The van der Waals surface area contributed by atoms with Gasteiger partial charge in [0.05, 0.1) is 6.17 Å². The van der Waals surface area contributed by atoms with Crippen LogP contribution in [-0.4, -0.2) is 24.2 Å². The third-order valence-corrected chi connectivity index (χ3v) is 6.17. The lowest BCUT2D eigenvalue weighted by Crippen LogP contribution is -2.43. The number of hydrogen-bond acceptors (Lipinski definition) is 2. The fraction of sp³-hybridized carbons (Fsp3) is 1.00. The average molecular weight is 397 g/mol. The maximum atomic E-state index is 6.58. The Morgan fingerprint density at radius 2 is 0.786 bits per heavy atom. The molecule has 0 fully saturated rings. The number of nitrogens with two attached hydrogens (primary N) is 1. The minimum Gasteiger partial charge on any atom is -0.316 e. The van der Waals surface area contributed by atoms with Gasteiger partial charge in [0.2, 0.25) is 0 Å². The molecular formula is C26H56N2. The maximum absolute atomic E-state index is 6.58. The smallest absolute Gasteiger partial charge is 0.0571 e. The molecule has 0 aliphatic heterocycles. The van der Waals surface area contributed by atoms with E-state index in [9.17, 15) is 0 Å². The summed E-state index contributed by atoms with van der Waals surface area (Å²) in [5.74, 6) is 0. The molecule has 28 heavy (non-hydrogen) atoms. The minimum atomic E-state index is 0.292. The van der Waals surface area contributed by atoms with Crippen molar-refractivity contribution in [3.8, 4) is 0 Å². The van der Waals surface area contributed by atoms with E-state index in [1.165, 1.54) is 142 Å². The van der Waals surface area contributed by atoms with Crippen LogP contribution in [0, 0.1) is 0 Å². The summed E-state index contributed by atoms with van der Waals surface area (Å²) in [6, 6.07) is 0. The molecule has 2 N–H and O–H groups in total. The van der Waals surface area contributed by atoms with Gasteiger partial charge in [-0.15, -0.1) is 0 Å². The van der Waals surface area contributed by atoms with E-state index in [0.717, 1.165) is 0 Å². The van der Waals surface area contributed by atoms with Gasteiger partial charge in [-0.2, -0.15) is 0 Å². The fourth-order valence-electron chi connectivity index (χ4n) is 4.13. The summed E-state index contributed by atoms with van der Waals surface area (Å²) in [4.78, 5) is 2.61. The van der Waals surface area contributed by atoms with E-state index >= 15 is 0 Å². The summed E-state index contributed by atoms with van der Waals surface area (Å²) in [6.07, 6.45) is 27.8. The Kier molecular flexibility index (Phi) is 23.1. The van der Waals surface area contributed by atoms with Crippen LogP contribution in [0.2, 0.25) is 0 Å². The lowest BCUT2D eigenvalue weighted by Gasteiger charge is -2.29. The molecule has 170 valence electrons. The Hall–Kier alpha value is -0.0800. The lowest BCUT2D eigenvalue weighted by atomic mass is 10.1. The summed E-state index contributed by atoms with van der Waals surface area (Å²) in [5, 5.41) is 0. The average Bonchev–Trinajstić information content (AvgIpc) is 2.70. The molecule has 0 saturated carbocycles. The monoisotopic (exact) mass is 396 g/mol. The van der Waals surface area contributed by atoms with E-state index in [-0.39, 0.29) is 0 Å². The molecule has 0 aromatic heterocycles. The van der Waals surface area contributed by atoms with Gasteiger partial charge >= 0.3 is 0 Å². The normalized spacial score (nSPS) is 12.8. The Morgan fingerprint density at radius 1 is 0.464 bits per heavy atom. The first kappa shape index (κ1) is 27.9. The van der Waals surface area contributed by atoms with Gasteiger partial charge in [-0.1, -0.05) is 130 Å². The summed E-state index contributed by atoms with van der Waals surface area (Å²) in [5.41, 5.74) is 6.58. The van der Waals surface area contributed by atoms with Gasteiger partial charge in [0.1, 0.15) is 0 Å². The Morgan fingerprint density at radius 3 is 1.18 bits per heavy atom. The van der Waals surface area contributed by atoms with Gasteiger partial charge in [-0.25, -0.2) is 0 Å². The van der Waals surface area contributed by atoms with Crippen LogP contribution in [0.15, 0.2) is 0 Å². The van der Waals surface area contributed by atoms with Gasteiger partial charge < -0.3 is 5.73 Å². The van der Waals surface area contributed by atoms with Gasteiger partial charge in [0.15, 0.2) is 0 Å². The topological polar surface area (TPSA) is 29.3 Å². The predicted molar refractivity (Wildman–Crippen MR) is 129 cm³/mol. The molecule has 0 heterocycles. The largest absolute Gasteiger partial charge is 0.316 e. The first-order valence-electron chi connectivity index (χ1n) is 13.3. The van der Waals surface area contributed by atoms with Crippen molar-refractivity contribution in [2.24, 2.45) is 5.73 Å². The number of unbranched alkanes of at least 4 members (excludes halogenated alkanes) is 16. The molecule has 0 saturated heterocycles. The zero-order valence-corrected chi connectivity index (χ0v) is 20.2. The van der Waals surface area contributed by atoms with Gasteiger partial charge in [-0.3, -0.25) is 4.90 Å². The van der Waals surface area contributed by atoms with Crippen LogP contribution in [0.25, 0.3) is 0 Å². The van der Waals surface area contributed by atoms with E-state index in [4.69, 9.17) is 5.73 Å². The Bertz CT molecular complexity index is 260. The van der Waals surface area contributed by atoms with Crippen molar-refractivity contribution < 1.29 is 0 Å². The zero-order valence-electron chi connectivity index (χ0n) is 20.2. The third-order valence-electron chi connectivity index (χ3n) is 6.17. The van der Waals surface area contributed by atoms with Crippen molar-refractivity contribution in [1.82, 2.24) is 4.90 Å². The van der Waals surface area contributed by atoms with Crippen LogP contribution >= 0.6 is 0 Å². The van der Waals surface area contributed by atoms with Crippen LogP contribution < -0.4 is 5.73 Å². The van der Waals surface area contributed by atoms with E-state index < -0.39 is 0 Å². The van der Waals surface area contributed by atoms with Crippen molar-refractivity contribution in [3.05, 3.63) is 0 Å². The van der Waals surface area contributed by atoms with E-state index in [1.54, 1.807) is 0 Å².